The van der Waals surface area contributed by atoms with Gasteiger partial charge in [0, 0.05) is 19.3 Å². The average molecular weight is 238 g/mol. The molecule has 1 heterocycles. The molecule has 0 unspecified atom stereocenters. The van der Waals surface area contributed by atoms with E-state index in [-0.39, 0.29) is 6.10 Å². The van der Waals surface area contributed by atoms with Crippen molar-refractivity contribution in [2.45, 2.75) is 6.10 Å². The topological polar surface area (TPSA) is 65.7 Å². The zero-order chi connectivity index (χ0) is 12.1. The molecule has 3 N–H and O–H groups in total. The van der Waals surface area contributed by atoms with Gasteiger partial charge in [-0.3, -0.25) is 0 Å². The summed E-state index contributed by atoms with van der Waals surface area (Å²) in [4.78, 5) is 0. The first-order chi connectivity index (χ1) is 8.29. The predicted octanol–water partition coefficient (Wildman–Crippen LogP) is 1.10. The summed E-state index contributed by atoms with van der Waals surface area (Å²) in [6, 6.07) is 5.56. The summed E-state index contributed by atoms with van der Waals surface area (Å²) in [5, 5.41) is 3.27. The van der Waals surface area contributed by atoms with Crippen molar-refractivity contribution in [2.24, 2.45) is 0 Å². The fourth-order valence-electron chi connectivity index (χ4n) is 1.68. The molecule has 0 amide bonds. The first-order valence-corrected chi connectivity index (χ1v) is 5.66. The molecule has 0 saturated carbocycles. The molecule has 0 fully saturated rings. The fraction of sp³-hybridized carbons (Fsp3) is 0.500. The molecule has 1 atom stereocenters. The zero-order valence-corrected chi connectivity index (χ0v) is 9.94. The standard InChI is InChI=1S/C12H18N2O3/c1-15-4-5-16-10-7-14-11-6-9(13)2-3-12(11)17-8-10/h2-3,6,10,14H,4-5,7-8,13H2,1H3/t10-/m0/s1. The van der Waals surface area contributed by atoms with Gasteiger partial charge in [-0.1, -0.05) is 0 Å². The maximum absolute atomic E-state index is 5.72. The lowest BCUT2D eigenvalue weighted by Gasteiger charge is -2.14. The molecular weight excluding hydrogens is 220 g/mol. The number of fused-ring (bicyclic) bond motifs is 1. The third kappa shape index (κ3) is 3.25. The van der Waals surface area contributed by atoms with Crippen LogP contribution in [0.15, 0.2) is 18.2 Å². The molecule has 2 rings (SSSR count). The minimum absolute atomic E-state index is 0.0266. The second-order valence-corrected chi connectivity index (χ2v) is 3.93. The molecule has 1 aliphatic heterocycles. The molecule has 0 saturated heterocycles. The number of hydrogen-bond donors (Lipinski definition) is 2. The van der Waals surface area contributed by atoms with E-state index in [1.807, 2.05) is 18.2 Å². The van der Waals surface area contributed by atoms with Crippen LogP contribution in [0.2, 0.25) is 0 Å². The lowest BCUT2D eigenvalue weighted by Crippen LogP contribution is -2.28. The highest BCUT2D eigenvalue weighted by atomic mass is 16.5. The van der Waals surface area contributed by atoms with Gasteiger partial charge in [0.25, 0.3) is 0 Å². The second kappa shape index (κ2) is 5.75. The van der Waals surface area contributed by atoms with Crippen LogP contribution in [0.25, 0.3) is 0 Å². The number of nitrogens with two attached hydrogens (primary N) is 1. The van der Waals surface area contributed by atoms with Crippen LogP contribution in [0, 0.1) is 0 Å². The van der Waals surface area contributed by atoms with Crippen LogP contribution in [0.4, 0.5) is 11.4 Å². The van der Waals surface area contributed by atoms with E-state index >= 15 is 0 Å². The number of anilines is 2. The molecule has 0 bridgehead atoms. The maximum atomic E-state index is 5.72. The Morgan fingerprint density at radius 3 is 3.18 bits per heavy atom. The summed E-state index contributed by atoms with van der Waals surface area (Å²) >= 11 is 0. The van der Waals surface area contributed by atoms with Gasteiger partial charge in [-0.25, -0.2) is 0 Å². The fourth-order valence-corrected chi connectivity index (χ4v) is 1.68. The van der Waals surface area contributed by atoms with Crippen LogP contribution in [-0.2, 0) is 9.47 Å². The van der Waals surface area contributed by atoms with Gasteiger partial charge in [0.15, 0.2) is 0 Å². The quantitative estimate of drug-likeness (QED) is 0.607. The summed E-state index contributed by atoms with van der Waals surface area (Å²) in [6.07, 6.45) is 0.0266. The summed E-state index contributed by atoms with van der Waals surface area (Å²) in [6.45, 7) is 2.41. The van der Waals surface area contributed by atoms with Crippen LogP contribution in [-0.4, -0.2) is 39.6 Å². The number of benzene rings is 1. The highest BCUT2D eigenvalue weighted by Gasteiger charge is 2.16. The van der Waals surface area contributed by atoms with Crippen molar-refractivity contribution in [2.75, 3.05) is 44.5 Å². The van der Waals surface area contributed by atoms with Crippen molar-refractivity contribution in [3.63, 3.8) is 0 Å². The summed E-state index contributed by atoms with van der Waals surface area (Å²) in [7, 11) is 1.66. The highest BCUT2D eigenvalue weighted by Crippen LogP contribution is 2.28. The van der Waals surface area contributed by atoms with E-state index in [9.17, 15) is 0 Å². The van der Waals surface area contributed by atoms with Gasteiger partial charge in [0.05, 0.1) is 18.9 Å². The minimum atomic E-state index is 0.0266. The molecule has 0 aliphatic carbocycles. The summed E-state index contributed by atoms with van der Waals surface area (Å²) in [5.41, 5.74) is 7.36. The van der Waals surface area contributed by atoms with E-state index in [1.165, 1.54) is 0 Å². The Labute approximate surface area is 101 Å². The number of ether oxygens (including phenoxy) is 3. The van der Waals surface area contributed by atoms with Crippen LogP contribution in [0.3, 0.4) is 0 Å². The van der Waals surface area contributed by atoms with Gasteiger partial charge in [-0.05, 0) is 18.2 Å². The zero-order valence-electron chi connectivity index (χ0n) is 9.94. The first kappa shape index (κ1) is 12.0. The van der Waals surface area contributed by atoms with Gasteiger partial charge >= 0.3 is 0 Å². The molecule has 1 aromatic carbocycles. The SMILES string of the molecule is COCCO[C@H]1CNc2cc(N)ccc2OC1. The lowest BCUT2D eigenvalue weighted by molar-refractivity contribution is 0.00342. The Hall–Kier alpha value is -1.46. The van der Waals surface area contributed by atoms with E-state index in [0.717, 1.165) is 17.1 Å². The van der Waals surface area contributed by atoms with Crippen molar-refractivity contribution >= 4 is 11.4 Å². The van der Waals surface area contributed by atoms with E-state index < -0.39 is 0 Å². The van der Waals surface area contributed by atoms with Crippen LogP contribution in [0.1, 0.15) is 0 Å². The van der Waals surface area contributed by atoms with Crippen LogP contribution >= 0.6 is 0 Å². The highest BCUT2D eigenvalue weighted by molar-refractivity contribution is 5.63. The van der Waals surface area contributed by atoms with Gasteiger partial charge < -0.3 is 25.3 Å². The molecule has 0 radical (unpaired) electrons. The monoisotopic (exact) mass is 238 g/mol. The summed E-state index contributed by atoms with van der Waals surface area (Å²) < 4.78 is 16.2. The number of methoxy groups -OCH3 is 1. The minimum Gasteiger partial charge on any atom is -0.489 e. The maximum Gasteiger partial charge on any atom is 0.142 e. The number of rotatable bonds is 4. The molecule has 94 valence electrons. The van der Waals surface area contributed by atoms with E-state index in [1.54, 1.807) is 7.11 Å². The van der Waals surface area contributed by atoms with Crippen LogP contribution < -0.4 is 15.8 Å². The van der Waals surface area contributed by atoms with Gasteiger partial charge in [-0.15, -0.1) is 0 Å². The Balaban J connectivity index is 1.92. The smallest absolute Gasteiger partial charge is 0.142 e. The van der Waals surface area contributed by atoms with E-state index in [0.29, 0.717) is 26.4 Å². The number of hydrogen-bond acceptors (Lipinski definition) is 5. The normalized spacial score (nSPS) is 18.8. The predicted molar refractivity (Wildman–Crippen MR) is 66.5 cm³/mol. The molecule has 5 heteroatoms. The van der Waals surface area contributed by atoms with Gasteiger partial charge in [-0.2, -0.15) is 0 Å². The van der Waals surface area contributed by atoms with Crippen LogP contribution in [0.5, 0.6) is 5.75 Å². The van der Waals surface area contributed by atoms with Crippen molar-refractivity contribution in [1.82, 2.24) is 0 Å². The van der Waals surface area contributed by atoms with E-state index in [4.69, 9.17) is 19.9 Å². The Morgan fingerprint density at radius 2 is 2.35 bits per heavy atom. The summed E-state index contributed by atoms with van der Waals surface area (Å²) in [5.74, 6) is 0.817. The largest absolute Gasteiger partial charge is 0.489 e. The molecule has 1 aliphatic rings. The first-order valence-electron chi connectivity index (χ1n) is 5.66. The van der Waals surface area contributed by atoms with Crippen molar-refractivity contribution in [1.29, 1.82) is 0 Å². The second-order valence-electron chi connectivity index (χ2n) is 3.93. The van der Waals surface area contributed by atoms with Gasteiger partial charge in [0.1, 0.15) is 18.5 Å². The lowest BCUT2D eigenvalue weighted by atomic mass is 10.2. The molecule has 17 heavy (non-hydrogen) atoms. The average Bonchev–Trinajstić information content (AvgIpc) is 2.52. The van der Waals surface area contributed by atoms with Crippen molar-refractivity contribution in [3.05, 3.63) is 18.2 Å². The Morgan fingerprint density at radius 1 is 1.47 bits per heavy atom. The molecule has 0 spiro atoms. The Bertz CT molecular complexity index is 371. The molecule has 5 nitrogen and oxygen atoms in total. The molecular formula is C12H18N2O3. The molecule has 1 aromatic rings. The Kier molecular flexibility index (Phi) is 4.06. The third-order valence-electron chi connectivity index (χ3n) is 2.59. The van der Waals surface area contributed by atoms with Crippen molar-refractivity contribution < 1.29 is 14.2 Å². The molecule has 0 aromatic heterocycles. The van der Waals surface area contributed by atoms with E-state index in [2.05, 4.69) is 5.32 Å². The number of nitrogen functional groups attached to an aromatic ring is 1. The third-order valence-corrected chi connectivity index (χ3v) is 2.59. The van der Waals surface area contributed by atoms with Gasteiger partial charge in [0.2, 0.25) is 0 Å². The van der Waals surface area contributed by atoms with Crippen molar-refractivity contribution in [3.8, 4) is 5.75 Å². The number of nitrogens with one attached hydrogen (secondary N) is 1.